The van der Waals surface area contributed by atoms with Crippen LogP contribution < -0.4 is 0 Å². The lowest BCUT2D eigenvalue weighted by Crippen LogP contribution is -1.90. The van der Waals surface area contributed by atoms with Crippen molar-refractivity contribution in [2.45, 2.75) is 5.75 Å². The summed E-state index contributed by atoms with van der Waals surface area (Å²) in [6.07, 6.45) is 1.91. The van der Waals surface area contributed by atoms with Gasteiger partial charge >= 0.3 is 0 Å². The molecule has 1 atom stereocenters. The molecule has 1 unspecified atom stereocenters. The van der Waals surface area contributed by atoms with E-state index in [1.165, 1.54) is 0 Å². The van der Waals surface area contributed by atoms with Crippen LogP contribution in [0.1, 0.15) is 10.4 Å². The Morgan fingerprint density at radius 3 is 2.44 bits per heavy atom. The summed E-state index contributed by atoms with van der Waals surface area (Å²) in [7, 11) is -0.973. The van der Waals surface area contributed by atoms with E-state index in [4.69, 9.17) is 0 Å². The molecule has 0 aliphatic heterocycles. The summed E-state index contributed by atoms with van der Waals surface area (Å²) < 4.78 is 14.0. The Morgan fingerprint density at radius 1 is 1.11 bits per heavy atom. The Kier molecular flexibility index (Phi) is 5.36. The van der Waals surface area contributed by atoms with Gasteiger partial charge in [0.05, 0.1) is 20.3 Å². The molecule has 0 aliphatic carbocycles. The molecule has 5 heteroatoms. The van der Waals surface area contributed by atoms with Gasteiger partial charge in [-0.1, -0.05) is 28.1 Å². The van der Waals surface area contributed by atoms with Gasteiger partial charge < -0.3 is 0 Å². The third kappa shape index (κ3) is 4.46. The number of hydrogen-bond acceptors (Lipinski definition) is 2. The van der Waals surface area contributed by atoms with Gasteiger partial charge in [-0.3, -0.25) is 4.21 Å². The standard InChI is InChI=1S/C13H10Br2OS2/c14-11-3-1-10(2-4-11)9-18(16)8-7-12-5-6-13(15)17-12/h1-8H,9H2/b8-7+. The molecule has 2 rings (SSSR count). The van der Waals surface area contributed by atoms with E-state index in [2.05, 4.69) is 31.9 Å². The molecule has 0 saturated carbocycles. The van der Waals surface area contributed by atoms with Crippen molar-refractivity contribution in [1.29, 1.82) is 0 Å². The third-order valence-corrected chi connectivity index (χ3v) is 5.38. The van der Waals surface area contributed by atoms with Crippen LogP contribution in [0.2, 0.25) is 0 Å². The zero-order valence-corrected chi connectivity index (χ0v) is 14.1. The summed E-state index contributed by atoms with van der Waals surface area (Å²) in [5.74, 6) is 0.552. The summed E-state index contributed by atoms with van der Waals surface area (Å²) in [5, 5.41) is 1.75. The number of hydrogen-bond donors (Lipinski definition) is 0. The van der Waals surface area contributed by atoms with E-state index < -0.39 is 10.8 Å². The Bertz CT molecular complexity index is 573. The molecule has 0 fully saturated rings. The van der Waals surface area contributed by atoms with Gasteiger partial charge in [0.2, 0.25) is 0 Å². The summed E-state index contributed by atoms with van der Waals surface area (Å²) in [5.41, 5.74) is 1.08. The topological polar surface area (TPSA) is 17.1 Å². The van der Waals surface area contributed by atoms with E-state index in [1.54, 1.807) is 16.7 Å². The van der Waals surface area contributed by atoms with Gasteiger partial charge in [-0.2, -0.15) is 0 Å². The maximum atomic E-state index is 11.9. The fraction of sp³-hybridized carbons (Fsp3) is 0.0769. The molecule has 0 spiro atoms. The van der Waals surface area contributed by atoms with Gasteiger partial charge in [0.15, 0.2) is 0 Å². The van der Waals surface area contributed by atoms with Crippen LogP contribution in [0.4, 0.5) is 0 Å². The van der Waals surface area contributed by atoms with E-state index in [0.717, 1.165) is 18.7 Å². The molecule has 0 saturated heterocycles. The van der Waals surface area contributed by atoms with Crippen molar-refractivity contribution in [1.82, 2.24) is 0 Å². The fourth-order valence-electron chi connectivity index (χ4n) is 1.35. The zero-order chi connectivity index (χ0) is 13.0. The quantitative estimate of drug-likeness (QED) is 0.683. The third-order valence-electron chi connectivity index (χ3n) is 2.20. The minimum atomic E-state index is -0.973. The van der Waals surface area contributed by atoms with Crippen molar-refractivity contribution < 1.29 is 4.21 Å². The Labute approximate surface area is 130 Å². The lowest BCUT2D eigenvalue weighted by atomic mass is 10.2. The number of benzene rings is 1. The van der Waals surface area contributed by atoms with Crippen molar-refractivity contribution >= 4 is 60.1 Å². The fourth-order valence-corrected chi connectivity index (χ4v) is 3.95. The lowest BCUT2D eigenvalue weighted by molar-refractivity contribution is 0.688. The van der Waals surface area contributed by atoms with Crippen molar-refractivity contribution in [3.8, 4) is 0 Å². The SMILES string of the molecule is O=S(/C=C/c1ccc(Br)s1)Cc1ccc(Br)cc1. The summed E-state index contributed by atoms with van der Waals surface area (Å²) in [4.78, 5) is 1.10. The molecule has 0 radical (unpaired) electrons. The zero-order valence-electron chi connectivity index (χ0n) is 9.31. The molecule has 18 heavy (non-hydrogen) atoms. The first-order valence-corrected chi connectivity index (χ1v) is 8.97. The van der Waals surface area contributed by atoms with Crippen LogP contribution in [0, 0.1) is 0 Å². The van der Waals surface area contributed by atoms with E-state index in [-0.39, 0.29) is 0 Å². The van der Waals surface area contributed by atoms with Gasteiger partial charge in [-0.25, -0.2) is 0 Å². The Hall–Kier alpha value is -0.230. The second-order valence-electron chi connectivity index (χ2n) is 3.60. The van der Waals surface area contributed by atoms with Crippen LogP contribution in [0.15, 0.2) is 50.1 Å². The molecular weight excluding hydrogens is 396 g/mol. The van der Waals surface area contributed by atoms with E-state index in [0.29, 0.717) is 5.75 Å². The summed E-state index contributed by atoms with van der Waals surface area (Å²) >= 11 is 8.41. The molecule has 94 valence electrons. The molecular formula is C13H10Br2OS2. The molecule has 1 aromatic heterocycles. The van der Waals surface area contributed by atoms with Crippen LogP contribution in [0.3, 0.4) is 0 Å². The van der Waals surface area contributed by atoms with Crippen LogP contribution in [-0.4, -0.2) is 4.21 Å². The van der Waals surface area contributed by atoms with Gasteiger partial charge in [-0.05, 0) is 51.8 Å². The maximum Gasteiger partial charge on any atom is 0.0704 e. The highest BCUT2D eigenvalue weighted by atomic mass is 79.9. The van der Waals surface area contributed by atoms with E-state index in [1.807, 2.05) is 42.5 Å². The van der Waals surface area contributed by atoms with Gasteiger partial charge in [-0.15, -0.1) is 11.3 Å². The molecule has 2 aromatic rings. The van der Waals surface area contributed by atoms with Crippen LogP contribution in [-0.2, 0) is 16.6 Å². The molecule has 1 heterocycles. The molecule has 0 bridgehead atoms. The molecule has 0 N–H and O–H groups in total. The summed E-state index contributed by atoms with van der Waals surface area (Å²) in [6.45, 7) is 0. The van der Waals surface area contributed by atoms with Crippen LogP contribution in [0.25, 0.3) is 6.08 Å². The number of thiophene rings is 1. The minimum Gasteiger partial charge on any atom is -0.255 e. The highest BCUT2D eigenvalue weighted by Gasteiger charge is 1.99. The Morgan fingerprint density at radius 2 is 1.83 bits per heavy atom. The van der Waals surface area contributed by atoms with E-state index >= 15 is 0 Å². The predicted molar refractivity (Wildman–Crippen MR) is 87.0 cm³/mol. The lowest BCUT2D eigenvalue weighted by Gasteiger charge is -1.98. The Balaban J connectivity index is 1.96. The van der Waals surface area contributed by atoms with Crippen LogP contribution in [0.5, 0.6) is 0 Å². The van der Waals surface area contributed by atoms with Crippen LogP contribution >= 0.6 is 43.2 Å². The normalized spacial score (nSPS) is 13.0. The van der Waals surface area contributed by atoms with Gasteiger partial charge in [0.1, 0.15) is 0 Å². The second kappa shape index (κ2) is 6.80. The molecule has 0 aliphatic rings. The predicted octanol–water partition coefficient (Wildman–Crippen LogP) is 5.19. The monoisotopic (exact) mass is 404 g/mol. The number of halogens is 2. The number of rotatable bonds is 4. The first kappa shape index (κ1) is 14.2. The van der Waals surface area contributed by atoms with Gasteiger partial charge in [0, 0.05) is 14.8 Å². The van der Waals surface area contributed by atoms with Gasteiger partial charge in [0.25, 0.3) is 0 Å². The van der Waals surface area contributed by atoms with E-state index in [9.17, 15) is 4.21 Å². The van der Waals surface area contributed by atoms with Crippen molar-refractivity contribution in [3.63, 3.8) is 0 Å². The smallest absolute Gasteiger partial charge is 0.0704 e. The highest BCUT2D eigenvalue weighted by molar-refractivity contribution is 9.11. The molecule has 1 nitrogen and oxygen atoms in total. The average molecular weight is 406 g/mol. The second-order valence-corrected chi connectivity index (χ2v) is 8.33. The first-order chi connectivity index (χ1) is 8.63. The highest BCUT2D eigenvalue weighted by Crippen LogP contribution is 2.23. The largest absolute Gasteiger partial charge is 0.255 e. The average Bonchev–Trinajstić information content (AvgIpc) is 2.76. The van der Waals surface area contributed by atoms with Crippen molar-refractivity contribution in [2.24, 2.45) is 0 Å². The summed E-state index contributed by atoms with van der Waals surface area (Å²) in [6, 6.07) is 11.9. The molecule has 1 aromatic carbocycles. The van der Waals surface area contributed by atoms with Crippen molar-refractivity contribution in [3.05, 3.63) is 60.5 Å². The van der Waals surface area contributed by atoms with Crippen molar-refractivity contribution in [2.75, 3.05) is 0 Å². The maximum absolute atomic E-state index is 11.9. The molecule has 0 amide bonds. The first-order valence-electron chi connectivity index (χ1n) is 5.18. The minimum absolute atomic E-state index is 0.552.